The highest BCUT2D eigenvalue weighted by Gasteiger charge is 2.27. The molecule has 3 aromatic rings. The number of benzene rings is 2. The summed E-state index contributed by atoms with van der Waals surface area (Å²) in [4.78, 5) is 4.31. The van der Waals surface area contributed by atoms with Crippen molar-refractivity contribution in [1.82, 2.24) is 0 Å². The van der Waals surface area contributed by atoms with Gasteiger partial charge in [0, 0.05) is 29.3 Å². The van der Waals surface area contributed by atoms with Gasteiger partial charge in [0.15, 0.2) is 12.7 Å². The van der Waals surface area contributed by atoms with Gasteiger partial charge in [-0.15, -0.1) is 0 Å². The van der Waals surface area contributed by atoms with Crippen molar-refractivity contribution in [1.29, 1.82) is 0 Å². The third-order valence-corrected chi connectivity index (χ3v) is 9.81. The van der Waals surface area contributed by atoms with Gasteiger partial charge in [-0.05, 0) is 42.9 Å². The van der Waals surface area contributed by atoms with Gasteiger partial charge >= 0.3 is 0 Å². The molecule has 0 spiro atoms. The lowest BCUT2D eigenvalue weighted by Crippen LogP contribution is -2.35. The number of anilines is 1. The van der Waals surface area contributed by atoms with Crippen molar-refractivity contribution in [3.05, 3.63) is 69.2 Å². The summed E-state index contributed by atoms with van der Waals surface area (Å²) in [5, 5.41) is 4.14. The van der Waals surface area contributed by atoms with Gasteiger partial charge in [0.1, 0.15) is 0 Å². The van der Waals surface area contributed by atoms with E-state index in [1.807, 2.05) is 29.8 Å². The quantitative estimate of drug-likeness (QED) is 0.227. The van der Waals surface area contributed by atoms with E-state index in [2.05, 4.69) is 48.2 Å². The van der Waals surface area contributed by atoms with E-state index in [0.29, 0.717) is 19.5 Å². The maximum absolute atomic E-state index is 11.4. The van der Waals surface area contributed by atoms with E-state index in [4.69, 9.17) is 4.55 Å². The molecule has 1 aliphatic heterocycles. The molecule has 2 aromatic carbocycles. The molecule has 0 unspecified atom stereocenters. The molecule has 1 aliphatic rings. The van der Waals surface area contributed by atoms with Crippen molar-refractivity contribution in [3.63, 3.8) is 0 Å². The Morgan fingerprint density at radius 1 is 1.03 bits per heavy atom. The Labute approximate surface area is 232 Å². The number of hydrogen-bond acceptors (Lipinski definition) is 7. The van der Waals surface area contributed by atoms with Gasteiger partial charge in [-0.1, -0.05) is 60.4 Å². The number of fused-ring (bicyclic) bond motifs is 3. The number of allylic oxidation sites excluding steroid dienone is 2. The van der Waals surface area contributed by atoms with Gasteiger partial charge < -0.3 is 4.90 Å². The molecule has 0 amide bonds. The van der Waals surface area contributed by atoms with E-state index in [0.717, 1.165) is 48.3 Å². The zero-order valence-electron chi connectivity index (χ0n) is 21.2. The second-order valence-electron chi connectivity index (χ2n) is 9.10. The molecule has 2 N–H and O–H groups in total. The molecule has 38 heavy (non-hydrogen) atoms. The van der Waals surface area contributed by atoms with E-state index in [1.165, 1.54) is 0 Å². The Morgan fingerprint density at radius 3 is 2.45 bits per heavy atom. The Morgan fingerprint density at radius 2 is 1.74 bits per heavy atom. The average molecular weight is 596 g/mol. The molecule has 0 aliphatic carbocycles. The first-order valence-electron chi connectivity index (χ1n) is 12.2. The molecule has 8 nitrogen and oxygen atoms in total. The fourth-order valence-corrected chi connectivity index (χ4v) is 7.56. The fourth-order valence-electron chi connectivity index (χ4n) is 4.41. The van der Waals surface area contributed by atoms with E-state index in [-0.39, 0.29) is 17.9 Å². The summed E-state index contributed by atoms with van der Waals surface area (Å²) in [6, 6.07) is 12.3. The molecule has 4 rings (SSSR count). The first kappa shape index (κ1) is 28.8. The first-order chi connectivity index (χ1) is 17.9. The van der Waals surface area contributed by atoms with Gasteiger partial charge in [-0.2, -0.15) is 21.4 Å². The van der Waals surface area contributed by atoms with Crippen LogP contribution in [0, 0.1) is 6.92 Å². The minimum absolute atomic E-state index is 0.280. The largest absolute Gasteiger partial charge is 0.334 e. The first-order valence-corrected chi connectivity index (χ1v) is 17.1. The van der Waals surface area contributed by atoms with Crippen molar-refractivity contribution in [2.75, 3.05) is 23.0 Å². The zero-order chi connectivity index (χ0) is 27.5. The summed E-state index contributed by atoms with van der Waals surface area (Å²) >= 11 is 3.24. The van der Waals surface area contributed by atoms with Crippen molar-refractivity contribution in [3.8, 4) is 0 Å². The molecule has 1 aromatic heterocycles. The normalized spacial score (nSPS) is 15.5. The van der Waals surface area contributed by atoms with E-state index in [1.54, 1.807) is 23.1 Å². The lowest BCUT2D eigenvalue weighted by atomic mass is 10.1. The van der Waals surface area contributed by atoms with Crippen LogP contribution >= 0.6 is 23.1 Å². The smallest absolute Gasteiger partial charge is 0.265 e. The van der Waals surface area contributed by atoms with Gasteiger partial charge in [0.2, 0.25) is 0 Å². The topological polar surface area (TPSA) is 116 Å². The molecule has 0 radical (unpaired) electrons. The highest BCUT2D eigenvalue weighted by atomic mass is 32.2. The van der Waals surface area contributed by atoms with Crippen LogP contribution in [0.5, 0.6) is 0 Å². The molecule has 204 valence electrons. The summed E-state index contributed by atoms with van der Waals surface area (Å²) in [5.41, 5.74) is 2.10. The SMILES string of the molecule is CCC(/C=C1\Sc2ccc3ccccc3c2N1CCCS(=O)(=O)O)=C\c1sc(C)c[n+]1CCCS(=O)(=O)O. The maximum atomic E-state index is 11.4. The lowest BCUT2D eigenvalue weighted by molar-refractivity contribution is -0.693. The van der Waals surface area contributed by atoms with Crippen LogP contribution in [0.15, 0.2) is 64.2 Å². The Bertz CT molecular complexity index is 1610. The van der Waals surface area contributed by atoms with Crippen LogP contribution in [-0.2, 0) is 26.8 Å². The van der Waals surface area contributed by atoms with E-state index >= 15 is 0 Å². The molecular weight excluding hydrogens is 565 g/mol. The molecule has 2 heterocycles. The second kappa shape index (κ2) is 11.9. The number of aromatic nitrogens is 1. The number of thiazole rings is 1. The standard InChI is InChI=1S/C26H30N2O6S4/c1-3-20(16-24-27(18-19(2)35-24)12-6-14-37(29,30)31)17-25-28(13-7-15-38(32,33)34)26-22-9-5-4-8-21(22)10-11-23(26)36-25/h4-5,8-11,16-18H,3,6-7,12-15H2,1-2H3,(H-,29,30,31,32,33,34)/p+1. The number of hydrogen-bond donors (Lipinski definition) is 2. The number of nitrogens with zero attached hydrogens (tertiary/aromatic N) is 2. The Balaban J connectivity index is 1.68. The summed E-state index contributed by atoms with van der Waals surface area (Å²) < 4.78 is 65.4. The van der Waals surface area contributed by atoms with Crippen molar-refractivity contribution in [2.45, 2.75) is 44.6 Å². The minimum Gasteiger partial charge on any atom is -0.334 e. The third kappa shape index (κ3) is 7.45. The molecule has 12 heteroatoms. The third-order valence-electron chi connectivity index (χ3n) is 6.11. The van der Waals surface area contributed by atoms with Gasteiger partial charge in [0.05, 0.1) is 27.1 Å². The van der Waals surface area contributed by atoms with Crippen LogP contribution in [0.4, 0.5) is 5.69 Å². The molecule has 0 bridgehead atoms. The van der Waals surface area contributed by atoms with Crippen LogP contribution in [0.2, 0.25) is 0 Å². The zero-order valence-corrected chi connectivity index (χ0v) is 24.5. The van der Waals surface area contributed by atoms with E-state index < -0.39 is 20.2 Å². The van der Waals surface area contributed by atoms with Crippen molar-refractivity contribution >= 4 is 65.9 Å². The Kier molecular flexibility index (Phi) is 9.00. The van der Waals surface area contributed by atoms with Crippen LogP contribution in [0.1, 0.15) is 36.1 Å². The molecule has 0 saturated heterocycles. The Hall–Kier alpha value is -2.22. The monoisotopic (exact) mass is 595 g/mol. The fraction of sp³-hybridized carbons (Fsp3) is 0.346. The van der Waals surface area contributed by atoms with Crippen LogP contribution in [-0.4, -0.2) is 44.0 Å². The minimum atomic E-state index is -4.06. The van der Waals surface area contributed by atoms with Crippen LogP contribution in [0.3, 0.4) is 0 Å². The van der Waals surface area contributed by atoms with Crippen molar-refractivity contribution in [2.24, 2.45) is 0 Å². The second-order valence-corrected chi connectivity index (χ2v) is 14.6. The number of thioether (sulfide) groups is 1. The highest BCUT2D eigenvalue weighted by Crippen LogP contribution is 2.50. The number of rotatable bonds is 11. The molecule has 0 saturated carbocycles. The van der Waals surface area contributed by atoms with Gasteiger partial charge in [-0.25, -0.2) is 0 Å². The summed E-state index contributed by atoms with van der Waals surface area (Å²) in [5.74, 6) is -0.597. The van der Waals surface area contributed by atoms with Crippen LogP contribution < -0.4 is 9.47 Å². The lowest BCUT2D eigenvalue weighted by Gasteiger charge is -2.22. The molecule has 0 atom stereocenters. The predicted octanol–water partition coefficient (Wildman–Crippen LogP) is 5.30. The summed E-state index contributed by atoms with van der Waals surface area (Å²) in [7, 11) is -8.07. The predicted molar refractivity (Wildman–Crippen MR) is 155 cm³/mol. The molecular formula is C26H31N2O6S4+. The summed E-state index contributed by atoms with van der Waals surface area (Å²) in [6.07, 6.45) is 7.53. The van der Waals surface area contributed by atoms with Crippen molar-refractivity contribution < 1.29 is 30.5 Å². The van der Waals surface area contributed by atoms with Crippen LogP contribution in [0.25, 0.3) is 16.8 Å². The highest BCUT2D eigenvalue weighted by molar-refractivity contribution is 8.03. The number of aryl methyl sites for hydroxylation is 2. The molecule has 0 fully saturated rings. The average Bonchev–Trinajstić information content (AvgIpc) is 3.36. The maximum Gasteiger partial charge on any atom is 0.265 e. The summed E-state index contributed by atoms with van der Waals surface area (Å²) in [6.45, 7) is 4.97. The van der Waals surface area contributed by atoms with Gasteiger partial charge in [0.25, 0.3) is 25.2 Å². The van der Waals surface area contributed by atoms with Gasteiger partial charge in [-0.3, -0.25) is 9.11 Å². The van der Waals surface area contributed by atoms with E-state index in [9.17, 15) is 21.4 Å².